The van der Waals surface area contributed by atoms with Crippen LogP contribution >= 0.6 is 0 Å². The van der Waals surface area contributed by atoms with Crippen molar-refractivity contribution in [1.82, 2.24) is 15.3 Å². The summed E-state index contributed by atoms with van der Waals surface area (Å²) in [5.74, 6) is -0.547. The number of nitrogens with zero attached hydrogens (tertiary/aromatic N) is 1. The van der Waals surface area contributed by atoms with Crippen molar-refractivity contribution in [2.45, 2.75) is 24.8 Å². The molecule has 1 saturated heterocycles. The fourth-order valence-corrected chi connectivity index (χ4v) is 2.57. The third-order valence-electron chi connectivity index (χ3n) is 3.58. The van der Waals surface area contributed by atoms with E-state index in [4.69, 9.17) is 5.11 Å². The first kappa shape index (κ1) is 11.2. The minimum Gasteiger partial charge on any atom is -0.480 e. The van der Waals surface area contributed by atoms with Crippen molar-refractivity contribution < 1.29 is 9.90 Å². The van der Waals surface area contributed by atoms with E-state index < -0.39 is 12.0 Å². The van der Waals surface area contributed by atoms with Crippen molar-refractivity contribution >= 4 is 16.9 Å². The van der Waals surface area contributed by atoms with Gasteiger partial charge >= 0.3 is 5.97 Å². The summed E-state index contributed by atoms with van der Waals surface area (Å²) >= 11 is 0. The van der Waals surface area contributed by atoms with E-state index in [0.29, 0.717) is 6.42 Å². The SMILES string of the molecule is O=C(O)C1CC(c2cc3cc[nH]c3cn2)CCN1. The van der Waals surface area contributed by atoms with E-state index in [0.717, 1.165) is 29.6 Å². The van der Waals surface area contributed by atoms with Crippen LogP contribution in [0.15, 0.2) is 24.5 Å². The molecule has 18 heavy (non-hydrogen) atoms. The molecule has 3 N–H and O–H groups in total. The second-order valence-electron chi connectivity index (χ2n) is 4.74. The van der Waals surface area contributed by atoms with E-state index in [1.807, 2.05) is 18.5 Å². The Labute approximate surface area is 104 Å². The molecule has 3 heterocycles. The molecule has 0 saturated carbocycles. The van der Waals surface area contributed by atoms with Crippen LogP contribution in [0, 0.1) is 0 Å². The molecule has 94 valence electrons. The number of hydrogen-bond acceptors (Lipinski definition) is 3. The molecule has 1 aliphatic heterocycles. The van der Waals surface area contributed by atoms with Crippen LogP contribution in [-0.4, -0.2) is 33.6 Å². The van der Waals surface area contributed by atoms with E-state index >= 15 is 0 Å². The van der Waals surface area contributed by atoms with Crippen molar-refractivity contribution in [3.05, 3.63) is 30.2 Å². The maximum Gasteiger partial charge on any atom is 0.320 e. The highest BCUT2D eigenvalue weighted by molar-refractivity contribution is 5.78. The Morgan fingerprint density at radius 1 is 1.50 bits per heavy atom. The lowest BCUT2D eigenvalue weighted by atomic mass is 9.89. The molecule has 1 aliphatic rings. The zero-order chi connectivity index (χ0) is 12.5. The van der Waals surface area contributed by atoms with Gasteiger partial charge in [-0.25, -0.2) is 0 Å². The maximum absolute atomic E-state index is 11.0. The van der Waals surface area contributed by atoms with Crippen LogP contribution in [-0.2, 0) is 4.79 Å². The van der Waals surface area contributed by atoms with Gasteiger partial charge in [0.05, 0.1) is 11.7 Å². The maximum atomic E-state index is 11.0. The molecule has 2 unspecified atom stereocenters. The first-order valence-electron chi connectivity index (χ1n) is 6.13. The molecule has 2 aromatic heterocycles. The van der Waals surface area contributed by atoms with E-state index in [2.05, 4.69) is 21.4 Å². The van der Waals surface area contributed by atoms with Crippen LogP contribution in [0.4, 0.5) is 0 Å². The Hall–Kier alpha value is -1.88. The summed E-state index contributed by atoms with van der Waals surface area (Å²) in [6, 6.07) is 3.62. The Balaban J connectivity index is 1.86. The smallest absolute Gasteiger partial charge is 0.320 e. The van der Waals surface area contributed by atoms with Crippen LogP contribution in [0.3, 0.4) is 0 Å². The van der Waals surface area contributed by atoms with Gasteiger partial charge in [-0.05, 0) is 31.5 Å². The predicted octanol–water partition coefficient (Wildman–Crippen LogP) is 1.48. The summed E-state index contributed by atoms with van der Waals surface area (Å²) in [6.45, 7) is 0.731. The number of fused-ring (bicyclic) bond motifs is 1. The molecule has 5 nitrogen and oxygen atoms in total. The monoisotopic (exact) mass is 245 g/mol. The van der Waals surface area contributed by atoms with Crippen molar-refractivity contribution in [2.24, 2.45) is 0 Å². The van der Waals surface area contributed by atoms with E-state index in [9.17, 15) is 4.79 Å². The number of piperidine rings is 1. The van der Waals surface area contributed by atoms with Crippen LogP contribution < -0.4 is 5.32 Å². The molecule has 0 amide bonds. The molecule has 0 aliphatic carbocycles. The van der Waals surface area contributed by atoms with E-state index in [1.165, 1.54) is 0 Å². The van der Waals surface area contributed by atoms with Gasteiger partial charge in [0.25, 0.3) is 0 Å². The van der Waals surface area contributed by atoms with Crippen molar-refractivity contribution in [3.8, 4) is 0 Å². The number of H-pyrrole nitrogens is 1. The second kappa shape index (κ2) is 4.42. The average Bonchev–Trinajstić information content (AvgIpc) is 2.86. The van der Waals surface area contributed by atoms with Gasteiger partial charge in [-0.1, -0.05) is 0 Å². The zero-order valence-corrected chi connectivity index (χ0v) is 9.89. The summed E-state index contributed by atoms with van der Waals surface area (Å²) in [5, 5.41) is 13.2. The minimum absolute atomic E-state index is 0.228. The van der Waals surface area contributed by atoms with Crippen LogP contribution in [0.25, 0.3) is 10.9 Å². The fraction of sp³-hybridized carbons (Fsp3) is 0.385. The molecule has 0 radical (unpaired) electrons. The number of nitrogens with one attached hydrogen (secondary N) is 2. The van der Waals surface area contributed by atoms with Gasteiger partial charge < -0.3 is 15.4 Å². The summed E-state index contributed by atoms with van der Waals surface area (Å²) in [5.41, 5.74) is 2.01. The molecule has 2 aromatic rings. The van der Waals surface area contributed by atoms with Gasteiger partial charge in [-0.2, -0.15) is 0 Å². The van der Waals surface area contributed by atoms with Crippen LogP contribution in [0.1, 0.15) is 24.5 Å². The third kappa shape index (κ3) is 1.97. The molecular weight excluding hydrogens is 230 g/mol. The standard InChI is InChI=1S/C13H15N3O2/c17-13(18)11-6-8(1-3-14-11)10-5-9-2-4-15-12(9)7-16-10/h2,4-5,7-8,11,14-15H,1,3,6H2,(H,17,18). The highest BCUT2D eigenvalue weighted by atomic mass is 16.4. The van der Waals surface area contributed by atoms with E-state index in [-0.39, 0.29) is 5.92 Å². The Kier molecular flexibility index (Phi) is 2.76. The largest absolute Gasteiger partial charge is 0.480 e. The molecule has 2 atom stereocenters. The minimum atomic E-state index is -0.776. The predicted molar refractivity (Wildman–Crippen MR) is 67.5 cm³/mol. The highest BCUT2D eigenvalue weighted by Crippen LogP contribution is 2.28. The van der Waals surface area contributed by atoms with E-state index in [1.54, 1.807) is 0 Å². The lowest BCUT2D eigenvalue weighted by molar-refractivity contribution is -0.140. The molecule has 0 spiro atoms. The van der Waals surface area contributed by atoms with Gasteiger partial charge in [-0.15, -0.1) is 0 Å². The normalized spacial score (nSPS) is 24.2. The number of carboxylic acid groups (broad SMARTS) is 1. The number of aliphatic carboxylic acids is 1. The number of rotatable bonds is 2. The Morgan fingerprint density at radius 2 is 2.39 bits per heavy atom. The summed E-state index contributed by atoms with van der Waals surface area (Å²) < 4.78 is 0. The quantitative estimate of drug-likeness (QED) is 0.749. The fourth-order valence-electron chi connectivity index (χ4n) is 2.57. The topological polar surface area (TPSA) is 78.0 Å². The molecular formula is C13H15N3O2. The van der Waals surface area contributed by atoms with Crippen molar-refractivity contribution in [3.63, 3.8) is 0 Å². The Bertz CT molecular complexity index is 578. The number of hydrogen-bond donors (Lipinski definition) is 3. The van der Waals surface area contributed by atoms with Gasteiger partial charge in [0.2, 0.25) is 0 Å². The lowest BCUT2D eigenvalue weighted by Crippen LogP contribution is -2.42. The zero-order valence-electron chi connectivity index (χ0n) is 9.89. The number of carboxylic acids is 1. The third-order valence-corrected chi connectivity index (χ3v) is 3.58. The summed E-state index contributed by atoms with van der Waals surface area (Å²) in [6.07, 6.45) is 5.26. The first-order valence-corrected chi connectivity index (χ1v) is 6.13. The van der Waals surface area contributed by atoms with Gasteiger partial charge in [-0.3, -0.25) is 9.78 Å². The molecule has 0 aromatic carbocycles. The van der Waals surface area contributed by atoms with Gasteiger partial charge in [0.15, 0.2) is 0 Å². The van der Waals surface area contributed by atoms with Gasteiger partial charge in [0.1, 0.15) is 6.04 Å². The van der Waals surface area contributed by atoms with Crippen LogP contribution in [0.5, 0.6) is 0 Å². The summed E-state index contributed by atoms with van der Waals surface area (Å²) in [7, 11) is 0. The lowest BCUT2D eigenvalue weighted by Gasteiger charge is -2.27. The summed E-state index contributed by atoms with van der Waals surface area (Å²) in [4.78, 5) is 18.6. The van der Waals surface area contributed by atoms with Gasteiger partial charge in [0, 0.05) is 23.2 Å². The number of carbonyl (C=O) groups is 1. The number of aromatic amines is 1. The molecule has 1 fully saturated rings. The average molecular weight is 245 g/mol. The highest BCUT2D eigenvalue weighted by Gasteiger charge is 2.28. The molecule has 5 heteroatoms. The number of pyridine rings is 1. The Morgan fingerprint density at radius 3 is 3.22 bits per heavy atom. The van der Waals surface area contributed by atoms with Crippen LogP contribution in [0.2, 0.25) is 0 Å². The van der Waals surface area contributed by atoms with Crippen molar-refractivity contribution in [1.29, 1.82) is 0 Å². The second-order valence-corrected chi connectivity index (χ2v) is 4.74. The first-order chi connectivity index (χ1) is 8.74. The molecule has 0 bridgehead atoms. The number of aromatic nitrogens is 2. The molecule has 3 rings (SSSR count). The van der Waals surface area contributed by atoms with Crippen molar-refractivity contribution in [2.75, 3.05) is 6.54 Å².